The van der Waals surface area contributed by atoms with E-state index in [-0.39, 0.29) is 35.8 Å². The van der Waals surface area contributed by atoms with Gasteiger partial charge in [0, 0.05) is 12.4 Å². The van der Waals surface area contributed by atoms with E-state index in [1.54, 1.807) is 27.8 Å². The molecule has 0 radical (unpaired) electrons. The number of ether oxygens (including phenoxy) is 3. The van der Waals surface area contributed by atoms with Gasteiger partial charge in [0.15, 0.2) is 5.75 Å². The molecule has 0 unspecified atom stereocenters. The van der Waals surface area contributed by atoms with E-state index in [2.05, 4.69) is 10.3 Å². The lowest BCUT2D eigenvalue weighted by atomic mass is 9.74. The maximum absolute atomic E-state index is 14.4. The Labute approximate surface area is 274 Å². The zero-order valence-electron chi connectivity index (χ0n) is 27.1. The van der Waals surface area contributed by atoms with Gasteiger partial charge in [-0.2, -0.15) is 0 Å². The highest BCUT2D eigenvalue weighted by Gasteiger charge is 2.51. The van der Waals surface area contributed by atoms with Crippen molar-refractivity contribution in [1.29, 1.82) is 0 Å². The summed E-state index contributed by atoms with van der Waals surface area (Å²) in [6.45, 7) is 5.30. The van der Waals surface area contributed by atoms with Gasteiger partial charge in [-0.25, -0.2) is 14.0 Å². The summed E-state index contributed by atoms with van der Waals surface area (Å²) >= 11 is 0. The fourth-order valence-electron chi connectivity index (χ4n) is 5.55. The third-order valence-corrected chi connectivity index (χ3v) is 8.23. The Bertz CT molecular complexity index is 1720. The van der Waals surface area contributed by atoms with Gasteiger partial charge in [0.1, 0.15) is 35.7 Å². The number of aromatic nitrogens is 1. The second kappa shape index (κ2) is 14.2. The third kappa shape index (κ3) is 8.06. The summed E-state index contributed by atoms with van der Waals surface area (Å²) in [6.07, 6.45) is 3.01. The molecule has 0 spiro atoms. The van der Waals surface area contributed by atoms with Crippen LogP contribution in [0.4, 0.5) is 9.18 Å². The van der Waals surface area contributed by atoms with E-state index in [0.717, 1.165) is 17.5 Å². The number of hydrogen-bond acceptors (Lipinski definition) is 7. The predicted octanol–water partition coefficient (Wildman–Crippen LogP) is 6.63. The van der Waals surface area contributed by atoms with Crippen LogP contribution in [-0.4, -0.2) is 58.7 Å². The predicted molar refractivity (Wildman–Crippen MR) is 175 cm³/mol. The first-order valence-electron chi connectivity index (χ1n) is 15.7. The van der Waals surface area contributed by atoms with Crippen LogP contribution in [0.15, 0.2) is 85.1 Å². The number of pyridine rings is 1. The molecular weight excluding hydrogens is 601 g/mol. The van der Waals surface area contributed by atoms with Crippen LogP contribution in [0.3, 0.4) is 0 Å². The molecule has 0 saturated heterocycles. The average Bonchev–Trinajstić information content (AvgIpc) is 3.01. The molecule has 0 aliphatic heterocycles. The van der Waals surface area contributed by atoms with Crippen molar-refractivity contribution in [2.45, 2.75) is 70.2 Å². The van der Waals surface area contributed by atoms with Crippen molar-refractivity contribution in [2.75, 3.05) is 13.7 Å². The van der Waals surface area contributed by atoms with Crippen LogP contribution in [0, 0.1) is 5.82 Å². The number of nitrogens with zero attached hydrogens (tertiary/aromatic N) is 2. The normalized spacial score (nSPS) is 14.4. The molecule has 9 nitrogen and oxygen atoms in total. The van der Waals surface area contributed by atoms with Crippen molar-refractivity contribution in [2.24, 2.45) is 0 Å². The molecule has 1 aliphatic carbocycles. The molecule has 1 N–H and O–H groups in total. The van der Waals surface area contributed by atoms with E-state index in [0.29, 0.717) is 24.8 Å². The molecule has 1 aromatic heterocycles. The van der Waals surface area contributed by atoms with Crippen LogP contribution in [-0.2, 0) is 27.3 Å². The van der Waals surface area contributed by atoms with E-state index in [9.17, 15) is 18.8 Å². The monoisotopic (exact) mass is 641 g/mol. The standard InChI is InChI=1S/C37H40FN3O6/c1-36(2,3)47-35(44)41(4)37(18-11-19-37)34(43)40-28(20-25-12-7-5-8-13-25)24-45-31-22-39-30-17-16-27(38)21-29(30)32(31)33(42)46-23-26-14-9-6-10-15-26/h5-10,12-17,21-22,28H,11,18-20,23-24H2,1-4H3,(H,40,43)/t28-/m1/s1. The van der Waals surface area contributed by atoms with Crippen molar-refractivity contribution >= 4 is 28.9 Å². The SMILES string of the molecule is CN(C(=O)OC(C)(C)C)C1(C(=O)N[C@@H](COc2cnc3ccc(F)cc3c2C(=O)OCc2ccccc2)Cc2ccccc2)CCC1. The maximum atomic E-state index is 14.4. The topological polar surface area (TPSA) is 107 Å². The minimum absolute atomic E-state index is 0.0121. The van der Waals surface area contributed by atoms with E-state index < -0.39 is 35.1 Å². The summed E-state index contributed by atoms with van der Waals surface area (Å²) in [6, 6.07) is 22.2. The summed E-state index contributed by atoms with van der Waals surface area (Å²) in [7, 11) is 1.59. The fourth-order valence-corrected chi connectivity index (χ4v) is 5.55. The number of nitrogens with one attached hydrogen (secondary N) is 1. The molecule has 1 heterocycles. The molecule has 0 bridgehead atoms. The highest BCUT2D eigenvalue weighted by Crippen LogP contribution is 2.38. The number of benzene rings is 3. The van der Waals surface area contributed by atoms with Gasteiger partial charge in [0.25, 0.3) is 0 Å². The van der Waals surface area contributed by atoms with Crippen LogP contribution in [0.5, 0.6) is 5.75 Å². The number of amides is 2. The minimum atomic E-state index is -1.06. The number of esters is 1. The number of carbonyl (C=O) groups excluding carboxylic acids is 3. The smallest absolute Gasteiger partial charge is 0.410 e. The van der Waals surface area contributed by atoms with E-state index in [4.69, 9.17) is 14.2 Å². The van der Waals surface area contributed by atoms with Gasteiger partial charge in [-0.05, 0) is 75.8 Å². The lowest BCUT2D eigenvalue weighted by Crippen LogP contribution is -2.65. The molecule has 10 heteroatoms. The Morgan fingerprint density at radius 1 is 0.979 bits per heavy atom. The van der Waals surface area contributed by atoms with Gasteiger partial charge in [-0.3, -0.25) is 14.7 Å². The van der Waals surface area contributed by atoms with E-state index >= 15 is 0 Å². The Hall–Kier alpha value is -4.99. The molecule has 47 heavy (non-hydrogen) atoms. The maximum Gasteiger partial charge on any atom is 0.410 e. The van der Waals surface area contributed by atoms with Crippen LogP contribution < -0.4 is 10.1 Å². The third-order valence-electron chi connectivity index (χ3n) is 8.23. The minimum Gasteiger partial charge on any atom is -0.489 e. The first kappa shape index (κ1) is 33.4. The van der Waals surface area contributed by atoms with Gasteiger partial charge in [-0.1, -0.05) is 60.7 Å². The Balaban J connectivity index is 1.40. The Morgan fingerprint density at radius 3 is 2.26 bits per heavy atom. The van der Waals surface area contributed by atoms with E-state index in [1.165, 1.54) is 29.3 Å². The van der Waals surface area contributed by atoms with Crippen molar-refractivity contribution in [1.82, 2.24) is 15.2 Å². The lowest BCUT2D eigenvalue weighted by molar-refractivity contribution is -0.139. The highest BCUT2D eigenvalue weighted by atomic mass is 19.1. The average molecular weight is 642 g/mol. The summed E-state index contributed by atoms with van der Waals surface area (Å²) in [5, 5.41) is 3.36. The molecule has 1 atom stereocenters. The fraction of sp³-hybridized carbons (Fsp3) is 0.351. The molecule has 4 aromatic rings. The van der Waals surface area contributed by atoms with Crippen LogP contribution in [0.25, 0.3) is 10.9 Å². The van der Waals surface area contributed by atoms with Gasteiger partial charge >= 0.3 is 12.1 Å². The van der Waals surface area contributed by atoms with Crippen molar-refractivity contribution in [3.8, 4) is 5.75 Å². The van der Waals surface area contributed by atoms with Crippen LogP contribution in [0.1, 0.15) is 61.5 Å². The van der Waals surface area contributed by atoms with Crippen LogP contribution in [0.2, 0.25) is 0 Å². The van der Waals surface area contributed by atoms with Gasteiger partial charge in [0.05, 0.1) is 17.8 Å². The molecular formula is C37H40FN3O6. The highest BCUT2D eigenvalue weighted by molar-refractivity contribution is 6.05. The van der Waals surface area contributed by atoms with Gasteiger partial charge in [-0.15, -0.1) is 0 Å². The number of fused-ring (bicyclic) bond motifs is 1. The molecule has 1 saturated carbocycles. The van der Waals surface area contributed by atoms with Gasteiger partial charge in [0.2, 0.25) is 5.91 Å². The number of halogens is 1. The summed E-state index contributed by atoms with van der Waals surface area (Å²) in [5.41, 5.74) is 0.399. The lowest BCUT2D eigenvalue weighted by Gasteiger charge is -2.47. The van der Waals surface area contributed by atoms with Crippen molar-refractivity contribution in [3.05, 3.63) is 108 Å². The van der Waals surface area contributed by atoms with Crippen molar-refractivity contribution < 1.29 is 33.0 Å². The van der Waals surface area contributed by atoms with Gasteiger partial charge < -0.3 is 19.5 Å². The first-order valence-corrected chi connectivity index (χ1v) is 15.7. The summed E-state index contributed by atoms with van der Waals surface area (Å²) in [4.78, 5) is 46.2. The molecule has 1 aliphatic rings. The van der Waals surface area contributed by atoms with E-state index in [1.807, 2.05) is 60.7 Å². The number of rotatable bonds is 11. The molecule has 2 amide bonds. The van der Waals surface area contributed by atoms with Crippen LogP contribution >= 0.6 is 0 Å². The van der Waals surface area contributed by atoms with Crippen molar-refractivity contribution in [3.63, 3.8) is 0 Å². The second-order valence-corrected chi connectivity index (χ2v) is 12.8. The molecule has 3 aromatic carbocycles. The Morgan fingerprint density at radius 2 is 1.64 bits per heavy atom. The first-order chi connectivity index (χ1) is 22.4. The zero-order valence-corrected chi connectivity index (χ0v) is 27.1. The molecule has 1 fully saturated rings. The summed E-state index contributed by atoms with van der Waals surface area (Å²) in [5.74, 6) is -1.46. The molecule has 246 valence electrons. The number of hydrogen-bond donors (Lipinski definition) is 1. The molecule has 5 rings (SSSR count). The second-order valence-electron chi connectivity index (χ2n) is 12.8. The number of likely N-dealkylation sites (N-methyl/N-ethyl adjacent to an activating group) is 1. The quantitative estimate of drug-likeness (QED) is 0.183. The number of carbonyl (C=O) groups is 3. The Kier molecular flexibility index (Phi) is 10.1. The summed E-state index contributed by atoms with van der Waals surface area (Å²) < 4.78 is 31.8. The zero-order chi connectivity index (χ0) is 33.6. The largest absolute Gasteiger partial charge is 0.489 e.